The molecule has 0 fully saturated rings. The van der Waals surface area contributed by atoms with E-state index in [0.717, 1.165) is 10.8 Å². The van der Waals surface area contributed by atoms with E-state index in [1.165, 1.54) is 7.11 Å². The van der Waals surface area contributed by atoms with Crippen LogP contribution in [0.25, 0.3) is 10.8 Å². The number of hydrogen-bond donors (Lipinski definition) is 1. The average molecular weight is 258 g/mol. The van der Waals surface area contributed by atoms with Gasteiger partial charge in [-0.25, -0.2) is 9.59 Å². The van der Waals surface area contributed by atoms with Crippen molar-refractivity contribution in [2.75, 3.05) is 7.11 Å². The monoisotopic (exact) mass is 258 g/mol. The lowest BCUT2D eigenvalue weighted by Crippen LogP contribution is -2.14. The predicted octanol–water partition coefficient (Wildman–Crippen LogP) is 2.94. The van der Waals surface area contributed by atoms with Crippen LogP contribution in [0.2, 0.25) is 0 Å². The Bertz CT molecular complexity index is 686. The fourth-order valence-electron chi connectivity index (χ4n) is 2.41. The van der Waals surface area contributed by atoms with Crippen molar-refractivity contribution in [2.45, 2.75) is 13.8 Å². The molecular weight excluding hydrogens is 244 g/mol. The Morgan fingerprint density at radius 2 is 1.47 bits per heavy atom. The number of fused-ring (bicyclic) bond motifs is 1. The largest absolute Gasteiger partial charge is 0.478 e. The van der Waals surface area contributed by atoms with Crippen molar-refractivity contribution >= 4 is 22.7 Å². The molecule has 4 nitrogen and oxygen atoms in total. The number of methoxy groups -OCH3 is 1. The number of carbonyl (C=O) groups is 2. The van der Waals surface area contributed by atoms with Gasteiger partial charge in [-0.1, -0.05) is 24.3 Å². The summed E-state index contributed by atoms with van der Waals surface area (Å²) >= 11 is 0. The third-order valence-electron chi connectivity index (χ3n) is 3.34. The zero-order valence-electron chi connectivity index (χ0n) is 11.0. The summed E-state index contributed by atoms with van der Waals surface area (Å²) in [4.78, 5) is 23.3. The Balaban J connectivity index is 3.00. The van der Waals surface area contributed by atoms with Crippen molar-refractivity contribution in [2.24, 2.45) is 0 Å². The summed E-state index contributed by atoms with van der Waals surface area (Å²) in [5.41, 5.74) is 1.36. The molecule has 19 heavy (non-hydrogen) atoms. The molecule has 2 aromatic rings. The number of carboxylic acid groups (broad SMARTS) is 1. The van der Waals surface area contributed by atoms with Gasteiger partial charge in [0.15, 0.2) is 0 Å². The number of aryl methyl sites for hydroxylation is 2. The van der Waals surface area contributed by atoms with Crippen LogP contribution in [-0.4, -0.2) is 24.2 Å². The maximum absolute atomic E-state index is 11.9. The molecule has 0 radical (unpaired) electrons. The van der Waals surface area contributed by atoms with Crippen molar-refractivity contribution in [3.05, 3.63) is 46.5 Å². The van der Waals surface area contributed by atoms with Gasteiger partial charge in [0.25, 0.3) is 0 Å². The molecule has 0 aliphatic rings. The summed E-state index contributed by atoms with van der Waals surface area (Å²) in [6, 6.07) is 7.43. The summed E-state index contributed by atoms with van der Waals surface area (Å²) in [7, 11) is 1.25. The molecule has 0 bridgehead atoms. The number of carboxylic acids is 1. The molecule has 0 heterocycles. The molecule has 0 atom stereocenters. The van der Waals surface area contributed by atoms with Crippen molar-refractivity contribution in [1.29, 1.82) is 0 Å². The van der Waals surface area contributed by atoms with Gasteiger partial charge in [-0.15, -0.1) is 0 Å². The van der Waals surface area contributed by atoms with Crippen LogP contribution in [0, 0.1) is 13.8 Å². The van der Waals surface area contributed by atoms with Gasteiger partial charge in [0.2, 0.25) is 0 Å². The van der Waals surface area contributed by atoms with Crippen LogP contribution in [-0.2, 0) is 4.74 Å². The summed E-state index contributed by atoms with van der Waals surface area (Å²) in [5, 5.41) is 11.1. The van der Waals surface area contributed by atoms with E-state index in [0.29, 0.717) is 11.1 Å². The minimum atomic E-state index is -1.12. The van der Waals surface area contributed by atoms with Crippen LogP contribution < -0.4 is 0 Å². The molecule has 2 rings (SSSR count). The summed E-state index contributed by atoms with van der Waals surface area (Å²) in [6.07, 6.45) is 0. The van der Waals surface area contributed by atoms with E-state index in [9.17, 15) is 14.7 Å². The summed E-state index contributed by atoms with van der Waals surface area (Å²) in [6.45, 7) is 3.44. The molecule has 0 aliphatic carbocycles. The molecule has 0 aromatic heterocycles. The number of rotatable bonds is 2. The number of ether oxygens (including phenoxy) is 1. The highest BCUT2D eigenvalue weighted by Gasteiger charge is 2.24. The smallest absolute Gasteiger partial charge is 0.339 e. The van der Waals surface area contributed by atoms with Gasteiger partial charge >= 0.3 is 11.9 Å². The van der Waals surface area contributed by atoms with E-state index in [2.05, 4.69) is 0 Å². The lowest BCUT2D eigenvalue weighted by Gasteiger charge is -2.15. The van der Waals surface area contributed by atoms with Crippen molar-refractivity contribution in [1.82, 2.24) is 0 Å². The molecule has 0 unspecified atom stereocenters. The van der Waals surface area contributed by atoms with Crippen LogP contribution in [0.4, 0.5) is 0 Å². The molecule has 0 aliphatic heterocycles. The number of hydrogen-bond acceptors (Lipinski definition) is 3. The van der Waals surface area contributed by atoms with E-state index in [1.807, 2.05) is 24.3 Å². The Morgan fingerprint density at radius 1 is 1.00 bits per heavy atom. The topological polar surface area (TPSA) is 63.6 Å². The highest BCUT2D eigenvalue weighted by Crippen LogP contribution is 2.30. The number of esters is 1. The lowest BCUT2D eigenvalue weighted by atomic mass is 9.90. The second-order valence-corrected chi connectivity index (χ2v) is 4.34. The van der Waals surface area contributed by atoms with Crippen LogP contribution in [0.1, 0.15) is 31.8 Å². The Kier molecular flexibility index (Phi) is 3.25. The first-order valence-corrected chi connectivity index (χ1v) is 5.82. The Hall–Kier alpha value is -2.36. The lowest BCUT2D eigenvalue weighted by molar-refractivity contribution is 0.0581. The number of carbonyl (C=O) groups excluding carboxylic acids is 1. The van der Waals surface area contributed by atoms with Gasteiger partial charge in [-0.2, -0.15) is 0 Å². The Labute approximate surface area is 110 Å². The van der Waals surface area contributed by atoms with Gasteiger partial charge in [0.1, 0.15) is 0 Å². The van der Waals surface area contributed by atoms with E-state index in [1.54, 1.807) is 13.8 Å². The molecular formula is C15H14O4. The molecule has 0 saturated carbocycles. The number of benzene rings is 2. The summed E-state index contributed by atoms with van der Waals surface area (Å²) < 4.78 is 4.71. The van der Waals surface area contributed by atoms with Gasteiger partial charge in [0, 0.05) is 0 Å². The van der Waals surface area contributed by atoms with E-state index < -0.39 is 11.9 Å². The van der Waals surface area contributed by atoms with Crippen LogP contribution in [0.5, 0.6) is 0 Å². The zero-order chi connectivity index (χ0) is 14.2. The first kappa shape index (κ1) is 13.1. The molecule has 2 aromatic carbocycles. The second-order valence-electron chi connectivity index (χ2n) is 4.34. The minimum absolute atomic E-state index is 0.0167. The maximum atomic E-state index is 11.9. The predicted molar refractivity (Wildman–Crippen MR) is 71.7 cm³/mol. The summed E-state index contributed by atoms with van der Waals surface area (Å²) in [5.74, 6) is -1.74. The normalized spacial score (nSPS) is 10.5. The molecule has 98 valence electrons. The quantitative estimate of drug-likeness (QED) is 0.841. The highest BCUT2D eigenvalue weighted by molar-refractivity contribution is 6.10. The fraction of sp³-hybridized carbons (Fsp3) is 0.200. The third kappa shape index (κ3) is 1.95. The highest BCUT2D eigenvalue weighted by atomic mass is 16.5. The van der Waals surface area contributed by atoms with Gasteiger partial charge < -0.3 is 9.84 Å². The molecule has 4 heteroatoms. The SMILES string of the molecule is COC(=O)c1c(C(=O)O)c(C)c2ccccc2c1C. The van der Waals surface area contributed by atoms with E-state index in [-0.39, 0.29) is 11.1 Å². The second kappa shape index (κ2) is 4.72. The number of aromatic carboxylic acids is 1. The molecule has 1 N–H and O–H groups in total. The van der Waals surface area contributed by atoms with Crippen molar-refractivity contribution in [3.63, 3.8) is 0 Å². The standard InChI is InChI=1S/C15H14O4/c1-8-10-6-4-5-7-11(10)9(2)13(15(18)19-3)12(8)14(16)17/h4-7H,1-3H3,(H,16,17). The molecule has 0 spiro atoms. The first-order chi connectivity index (χ1) is 8.99. The maximum Gasteiger partial charge on any atom is 0.339 e. The van der Waals surface area contributed by atoms with Crippen LogP contribution >= 0.6 is 0 Å². The van der Waals surface area contributed by atoms with E-state index >= 15 is 0 Å². The fourth-order valence-corrected chi connectivity index (χ4v) is 2.41. The van der Waals surface area contributed by atoms with Gasteiger partial charge in [-0.3, -0.25) is 0 Å². The van der Waals surface area contributed by atoms with Crippen molar-refractivity contribution < 1.29 is 19.4 Å². The van der Waals surface area contributed by atoms with E-state index in [4.69, 9.17) is 4.74 Å². The molecule has 0 saturated heterocycles. The van der Waals surface area contributed by atoms with Gasteiger partial charge in [0.05, 0.1) is 18.2 Å². The zero-order valence-corrected chi connectivity index (χ0v) is 11.0. The third-order valence-corrected chi connectivity index (χ3v) is 3.34. The Morgan fingerprint density at radius 3 is 1.89 bits per heavy atom. The molecule has 0 amide bonds. The average Bonchev–Trinajstić information content (AvgIpc) is 2.41. The van der Waals surface area contributed by atoms with Gasteiger partial charge in [-0.05, 0) is 35.7 Å². The van der Waals surface area contributed by atoms with Crippen LogP contribution in [0.3, 0.4) is 0 Å². The first-order valence-electron chi connectivity index (χ1n) is 5.82. The minimum Gasteiger partial charge on any atom is -0.478 e. The van der Waals surface area contributed by atoms with Crippen molar-refractivity contribution in [3.8, 4) is 0 Å². The van der Waals surface area contributed by atoms with Crippen LogP contribution in [0.15, 0.2) is 24.3 Å².